The highest BCUT2D eigenvalue weighted by Gasteiger charge is 2.25. The van der Waals surface area contributed by atoms with Gasteiger partial charge in [-0.3, -0.25) is 4.79 Å². The van der Waals surface area contributed by atoms with E-state index in [1.165, 1.54) is 13.0 Å². The van der Waals surface area contributed by atoms with Gasteiger partial charge in [-0.1, -0.05) is 0 Å². The Kier molecular flexibility index (Phi) is 5.87. The first-order valence-corrected chi connectivity index (χ1v) is 8.18. The lowest BCUT2D eigenvalue weighted by Gasteiger charge is -2.14. The van der Waals surface area contributed by atoms with Crippen molar-refractivity contribution in [1.82, 2.24) is 4.72 Å². The fourth-order valence-electron chi connectivity index (χ4n) is 1.46. The molecule has 2 N–H and O–H groups in total. The zero-order valence-electron chi connectivity index (χ0n) is 11.3. The number of benzene rings is 1. The van der Waals surface area contributed by atoms with Gasteiger partial charge in [0.25, 0.3) is 0 Å². The summed E-state index contributed by atoms with van der Waals surface area (Å²) in [5.74, 6) is -1.87. The summed E-state index contributed by atoms with van der Waals surface area (Å²) >= 11 is 3.01. The number of carboxylic acid groups (broad SMARTS) is 1. The van der Waals surface area contributed by atoms with Crippen LogP contribution in [0.25, 0.3) is 0 Å². The van der Waals surface area contributed by atoms with Gasteiger partial charge in [0.1, 0.15) is 6.04 Å². The number of aromatic carboxylic acids is 1. The number of nitrogens with one attached hydrogen (secondary N) is 1. The van der Waals surface area contributed by atoms with E-state index >= 15 is 0 Å². The summed E-state index contributed by atoms with van der Waals surface area (Å²) in [6, 6.07) is 2.43. The van der Waals surface area contributed by atoms with E-state index in [1.807, 2.05) is 0 Å². The van der Waals surface area contributed by atoms with Gasteiger partial charge in [-0.2, -0.15) is 4.72 Å². The number of halogens is 1. The summed E-state index contributed by atoms with van der Waals surface area (Å²) in [6.45, 7) is 3.11. The molecule has 1 atom stereocenters. The second-order valence-electron chi connectivity index (χ2n) is 4.05. The van der Waals surface area contributed by atoms with Crippen molar-refractivity contribution in [2.45, 2.75) is 24.8 Å². The fraction of sp³-hybridized carbons (Fsp3) is 0.333. The molecule has 0 amide bonds. The van der Waals surface area contributed by atoms with Gasteiger partial charge in [0, 0.05) is 4.47 Å². The minimum absolute atomic E-state index is 0.0562. The summed E-state index contributed by atoms with van der Waals surface area (Å²) in [5, 5.41) is 8.83. The van der Waals surface area contributed by atoms with Crippen LogP contribution in [0.3, 0.4) is 0 Å². The molecule has 1 rings (SSSR count). The number of ether oxygens (including phenoxy) is 1. The van der Waals surface area contributed by atoms with Gasteiger partial charge in [0.15, 0.2) is 0 Å². The minimum Gasteiger partial charge on any atom is -0.478 e. The van der Waals surface area contributed by atoms with Gasteiger partial charge in [0.2, 0.25) is 10.0 Å². The van der Waals surface area contributed by atoms with E-state index in [4.69, 9.17) is 9.84 Å². The van der Waals surface area contributed by atoms with Crippen molar-refractivity contribution in [3.63, 3.8) is 0 Å². The maximum absolute atomic E-state index is 12.2. The summed E-state index contributed by atoms with van der Waals surface area (Å²) in [4.78, 5) is 22.1. The lowest BCUT2D eigenvalue weighted by atomic mass is 10.2. The Morgan fingerprint density at radius 2 is 2.05 bits per heavy atom. The molecule has 0 spiro atoms. The molecule has 0 saturated heterocycles. The number of esters is 1. The van der Waals surface area contributed by atoms with Crippen LogP contribution in [-0.4, -0.2) is 38.1 Å². The Hall–Kier alpha value is -1.45. The van der Waals surface area contributed by atoms with Gasteiger partial charge in [0.05, 0.1) is 17.1 Å². The molecule has 0 aliphatic heterocycles. The fourth-order valence-corrected chi connectivity index (χ4v) is 3.73. The Balaban J connectivity index is 3.03. The van der Waals surface area contributed by atoms with E-state index in [9.17, 15) is 18.0 Å². The highest BCUT2D eigenvalue weighted by Crippen LogP contribution is 2.23. The standard InChI is InChI=1S/C12H14BrNO6S/c1-3-20-12(17)7(2)14-21(18,19)10-5-4-8(11(15)16)6-9(10)13/h4-7,14H,3H2,1-2H3,(H,15,16). The van der Waals surface area contributed by atoms with Gasteiger partial charge >= 0.3 is 11.9 Å². The third-order valence-corrected chi connectivity index (χ3v) is 4.96. The van der Waals surface area contributed by atoms with Crippen LogP contribution >= 0.6 is 15.9 Å². The van der Waals surface area contributed by atoms with Crippen LogP contribution in [0, 0.1) is 0 Å². The highest BCUT2D eigenvalue weighted by atomic mass is 79.9. The molecule has 0 heterocycles. The summed E-state index contributed by atoms with van der Waals surface area (Å²) in [5.41, 5.74) is -0.0562. The molecule has 1 aromatic carbocycles. The number of sulfonamides is 1. The monoisotopic (exact) mass is 379 g/mol. The maximum atomic E-state index is 12.2. The van der Waals surface area contributed by atoms with E-state index in [0.29, 0.717) is 0 Å². The Morgan fingerprint density at radius 1 is 1.43 bits per heavy atom. The van der Waals surface area contributed by atoms with E-state index in [2.05, 4.69) is 20.7 Å². The number of carbonyl (C=O) groups excluding carboxylic acids is 1. The molecule has 1 unspecified atom stereocenters. The molecule has 0 aliphatic carbocycles. The first kappa shape index (κ1) is 17.6. The molecule has 9 heteroatoms. The van der Waals surface area contributed by atoms with Crippen LogP contribution in [0.5, 0.6) is 0 Å². The molecular weight excluding hydrogens is 366 g/mol. The third-order valence-electron chi connectivity index (χ3n) is 2.44. The average Bonchev–Trinajstić information content (AvgIpc) is 2.37. The van der Waals surface area contributed by atoms with E-state index < -0.39 is 28.0 Å². The Bertz CT molecular complexity index is 658. The SMILES string of the molecule is CCOC(=O)C(C)NS(=O)(=O)c1ccc(C(=O)O)cc1Br. The van der Waals surface area contributed by atoms with E-state index in [-0.39, 0.29) is 21.5 Å². The van der Waals surface area contributed by atoms with Crippen molar-refractivity contribution < 1.29 is 27.9 Å². The number of hydrogen-bond acceptors (Lipinski definition) is 5. The van der Waals surface area contributed by atoms with Crippen molar-refractivity contribution in [2.75, 3.05) is 6.61 Å². The zero-order chi connectivity index (χ0) is 16.2. The molecular formula is C12H14BrNO6S. The predicted octanol–water partition coefficient (Wildman–Crippen LogP) is 1.38. The molecule has 0 saturated carbocycles. The number of carboxylic acids is 1. The highest BCUT2D eigenvalue weighted by molar-refractivity contribution is 9.10. The summed E-state index contributed by atoms with van der Waals surface area (Å²) in [7, 11) is -3.99. The van der Waals surface area contributed by atoms with Gasteiger partial charge in [-0.15, -0.1) is 0 Å². The molecule has 7 nitrogen and oxygen atoms in total. The molecule has 0 aliphatic rings. The minimum atomic E-state index is -3.99. The van der Waals surface area contributed by atoms with Crippen LogP contribution in [-0.2, 0) is 19.6 Å². The van der Waals surface area contributed by atoms with Crippen LogP contribution in [0.2, 0.25) is 0 Å². The van der Waals surface area contributed by atoms with Crippen LogP contribution < -0.4 is 4.72 Å². The van der Waals surface area contributed by atoms with E-state index in [0.717, 1.165) is 12.1 Å². The van der Waals surface area contributed by atoms with Crippen LogP contribution in [0.1, 0.15) is 24.2 Å². The second kappa shape index (κ2) is 7.01. The number of carbonyl (C=O) groups is 2. The Morgan fingerprint density at radius 3 is 2.52 bits per heavy atom. The van der Waals surface area contributed by atoms with Gasteiger partial charge in [-0.25, -0.2) is 13.2 Å². The smallest absolute Gasteiger partial charge is 0.335 e. The van der Waals surface area contributed by atoms with Crippen molar-refractivity contribution in [3.05, 3.63) is 28.2 Å². The third kappa shape index (κ3) is 4.51. The van der Waals surface area contributed by atoms with Crippen LogP contribution in [0.15, 0.2) is 27.6 Å². The van der Waals surface area contributed by atoms with Crippen molar-refractivity contribution in [1.29, 1.82) is 0 Å². The Labute approximate surface area is 130 Å². The van der Waals surface area contributed by atoms with Crippen molar-refractivity contribution in [3.8, 4) is 0 Å². The summed E-state index contributed by atoms with van der Waals surface area (Å²) in [6.07, 6.45) is 0. The van der Waals surface area contributed by atoms with Crippen LogP contribution in [0.4, 0.5) is 0 Å². The van der Waals surface area contributed by atoms with Crippen molar-refractivity contribution >= 4 is 37.9 Å². The maximum Gasteiger partial charge on any atom is 0.335 e. The molecule has 0 fully saturated rings. The number of rotatable bonds is 6. The zero-order valence-corrected chi connectivity index (χ0v) is 13.7. The predicted molar refractivity (Wildman–Crippen MR) is 77.5 cm³/mol. The normalized spacial score (nSPS) is 12.7. The van der Waals surface area contributed by atoms with E-state index in [1.54, 1.807) is 6.92 Å². The lowest BCUT2D eigenvalue weighted by molar-refractivity contribution is -0.144. The van der Waals surface area contributed by atoms with Gasteiger partial charge < -0.3 is 9.84 Å². The first-order valence-electron chi connectivity index (χ1n) is 5.91. The molecule has 0 bridgehead atoms. The topological polar surface area (TPSA) is 110 Å². The number of hydrogen-bond donors (Lipinski definition) is 2. The molecule has 0 aromatic heterocycles. The molecule has 1 aromatic rings. The largest absolute Gasteiger partial charge is 0.478 e. The first-order chi connectivity index (χ1) is 9.69. The molecule has 0 radical (unpaired) electrons. The van der Waals surface area contributed by atoms with Crippen molar-refractivity contribution in [2.24, 2.45) is 0 Å². The molecule has 21 heavy (non-hydrogen) atoms. The second-order valence-corrected chi connectivity index (χ2v) is 6.58. The van der Waals surface area contributed by atoms with Gasteiger partial charge in [-0.05, 0) is 48.0 Å². The average molecular weight is 380 g/mol. The lowest BCUT2D eigenvalue weighted by Crippen LogP contribution is -2.39. The molecule has 116 valence electrons. The quantitative estimate of drug-likeness (QED) is 0.722. The summed E-state index contributed by atoms with van der Waals surface area (Å²) < 4.78 is 31.3.